The van der Waals surface area contributed by atoms with E-state index in [1.54, 1.807) is 22.9 Å². The fourth-order valence-corrected chi connectivity index (χ4v) is 2.66. The average molecular weight is 256 g/mol. The Bertz CT molecular complexity index is 669. The van der Waals surface area contributed by atoms with Gasteiger partial charge in [0.15, 0.2) is 0 Å². The number of benzene rings is 1. The second kappa shape index (κ2) is 4.52. The Balaban J connectivity index is 2.11. The molecule has 2 aromatic rings. The maximum Gasteiger partial charge on any atom is 0.148 e. The van der Waals surface area contributed by atoms with Gasteiger partial charge in [-0.25, -0.2) is 4.39 Å². The Kier molecular flexibility index (Phi) is 2.84. The molecular weight excluding hydrogens is 243 g/mol. The van der Waals surface area contributed by atoms with Crippen LogP contribution in [0.1, 0.15) is 35.8 Å². The third kappa shape index (κ3) is 1.92. The molecule has 3 nitrogen and oxygen atoms in total. The minimum Gasteiger partial charge on any atom is -0.388 e. The molecule has 0 aliphatic heterocycles. The number of nitriles is 1. The third-order valence-corrected chi connectivity index (χ3v) is 3.61. The molecule has 0 bridgehead atoms. The summed E-state index contributed by atoms with van der Waals surface area (Å²) < 4.78 is 15.8. The molecule has 1 unspecified atom stereocenters. The summed E-state index contributed by atoms with van der Waals surface area (Å²) in [6.45, 7) is 0. The van der Waals surface area contributed by atoms with Gasteiger partial charge in [0.25, 0.3) is 0 Å². The third-order valence-electron chi connectivity index (χ3n) is 3.61. The van der Waals surface area contributed by atoms with E-state index in [9.17, 15) is 9.50 Å². The first-order chi connectivity index (χ1) is 9.20. The summed E-state index contributed by atoms with van der Waals surface area (Å²) in [4.78, 5) is 0. The maximum absolute atomic E-state index is 14.0. The highest BCUT2D eigenvalue weighted by Gasteiger charge is 2.22. The molecule has 0 amide bonds. The van der Waals surface area contributed by atoms with E-state index in [2.05, 4.69) is 0 Å². The largest absolute Gasteiger partial charge is 0.388 e. The minimum absolute atomic E-state index is 0.308. The number of rotatable bonds is 1. The van der Waals surface area contributed by atoms with Gasteiger partial charge >= 0.3 is 0 Å². The molecule has 96 valence electrons. The SMILES string of the molecule is N#Cc1ccc(-n2ccc3c2CCCC3O)c(F)c1. The average Bonchev–Trinajstić information content (AvgIpc) is 2.84. The topological polar surface area (TPSA) is 49.0 Å². The van der Waals surface area contributed by atoms with Crippen LogP contribution in [0.3, 0.4) is 0 Å². The van der Waals surface area contributed by atoms with Crippen molar-refractivity contribution < 1.29 is 9.50 Å². The first kappa shape index (κ1) is 11.9. The smallest absolute Gasteiger partial charge is 0.148 e. The van der Waals surface area contributed by atoms with E-state index >= 15 is 0 Å². The molecule has 1 heterocycles. The van der Waals surface area contributed by atoms with E-state index in [0.717, 1.165) is 30.5 Å². The summed E-state index contributed by atoms with van der Waals surface area (Å²) in [5.74, 6) is -0.419. The summed E-state index contributed by atoms with van der Waals surface area (Å²) in [6.07, 6.45) is 3.82. The van der Waals surface area contributed by atoms with Crippen LogP contribution in [0.5, 0.6) is 0 Å². The van der Waals surface area contributed by atoms with Crippen molar-refractivity contribution in [1.29, 1.82) is 5.26 Å². The van der Waals surface area contributed by atoms with E-state index in [0.29, 0.717) is 11.3 Å². The Morgan fingerprint density at radius 1 is 1.37 bits per heavy atom. The van der Waals surface area contributed by atoms with Crippen LogP contribution >= 0.6 is 0 Å². The van der Waals surface area contributed by atoms with E-state index < -0.39 is 11.9 Å². The number of nitrogens with zero attached hydrogens (tertiary/aromatic N) is 2. The fourth-order valence-electron chi connectivity index (χ4n) is 2.66. The lowest BCUT2D eigenvalue weighted by Crippen LogP contribution is -2.11. The molecule has 0 radical (unpaired) electrons. The Morgan fingerprint density at radius 3 is 2.95 bits per heavy atom. The van der Waals surface area contributed by atoms with Crippen LogP contribution in [0.2, 0.25) is 0 Å². The van der Waals surface area contributed by atoms with Gasteiger partial charge in [0.1, 0.15) is 5.82 Å². The van der Waals surface area contributed by atoms with Crippen LogP contribution < -0.4 is 0 Å². The lowest BCUT2D eigenvalue weighted by atomic mass is 9.95. The number of aromatic nitrogens is 1. The lowest BCUT2D eigenvalue weighted by molar-refractivity contribution is 0.156. The fraction of sp³-hybridized carbons (Fsp3) is 0.267. The highest BCUT2D eigenvalue weighted by molar-refractivity contribution is 5.44. The predicted octanol–water partition coefficient (Wildman–Crippen LogP) is 2.86. The first-order valence-electron chi connectivity index (χ1n) is 6.29. The van der Waals surface area contributed by atoms with Crippen LogP contribution in [0.4, 0.5) is 4.39 Å². The summed E-state index contributed by atoms with van der Waals surface area (Å²) in [7, 11) is 0. The standard InChI is InChI=1S/C15H13FN2O/c16-12-8-10(9-17)4-5-14(12)18-7-6-11-13(18)2-1-3-15(11)19/h4-8,15,19H,1-3H2. The van der Waals surface area contributed by atoms with Crippen molar-refractivity contribution in [2.24, 2.45) is 0 Å². The molecule has 4 heteroatoms. The van der Waals surface area contributed by atoms with Gasteiger partial charge in [0, 0.05) is 17.5 Å². The second-order valence-electron chi connectivity index (χ2n) is 4.77. The molecule has 1 N–H and O–H groups in total. The van der Waals surface area contributed by atoms with Crippen LogP contribution in [0.15, 0.2) is 30.5 Å². The number of hydrogen-bond donors (Lipinski definition) is 1. The lowest BCUT2D eigenvalue weighted by Gasteiger charge is -2.20. The normalized spacial score (nSPS) is 17.8. The monoisotopic (exact) mass is 256 g/mol. The molecule has 0 spiro atoms. The number of aliphatic hydroxyl groups excluding tert-OH is 1. The second-order valence-corrected chi connectivity index (χ2v) is 4.77. The van der Waals surface area contributed by atoms with Gasteiger partial charge in [-0.3, -0.25) is 0 Å². The zero-order chi connectivity index (χ0) is 13.4. The zero-order valence-electron chi connectivity index (χ0n) is 10.3. The van der Waals surface area contributed by atoms with Crippen molar-refractivity contribution in [2.45, 2.75) is 25.4 Å². The van der Waals surface area contributed by atoms with Gasteiger partial charge in [-0.05, 0) is 43.5 Å². The molecule has 3 rings (SSSR count). The number of aliphatic hydroxyl groups is 1. The molecule has 1 aliphatic rings. The number of hydrogen-bond acceptors (Lipinski definition) is 2. The van der Waals surface area contributed by atoms with Crippen molar-refractivity contribution >= 4 is 0 Å². The van der Waals surface area contributed by atoms with Crippen LogP contribution in [0, 0.1) is 17.1 Å². The van der Waals surface area contributed by atoms with Crippen LogP contribution in [-0.4, -0.2) is 9.67 Å². The van der Waals surface area contributed by atoms with E-state index in [1.807, 2.05) is 12.1 Å². The van der Waals surface area contributed by atoms with Gasteiger partial charge in [-0.2, -0.15) is 5.26 Å². The van der Waals surface area contributed by atoms with Gasteiger partial charge in [-0.1, -0.05) is 0 Å². The molecule has 0 fully saturated rings. The molecule has 19 heavy (non-hydrogen) atoms. The van der Waals surface area contributed by atoms with E-state index in [-0.39, 0.29) is 0 Å². The van der Waals surface area contributed by atoms with Gasteiger partial charge in [-0.15, -0.1) is 0 Å². The van der Waals surface area contributed by atoms with Crippen molar-refractivity contribution in [2.75, 3.05) is 0 Å². The van der Waals surface area contributed by atoms with Gasteiger partial charge in [0.05, 0.1) is 23.4 Å². The Labute approximate surface area is 110 Å². The van der Waals surface area contributed by atoms with Gasteiger partial charge in [0.2, 0.25) is 0 Å². The molecule has 1 aromatic heterocycles. The molecule has 0 saturated heterocycles. The molecule has 1 aromatic carbocycles. The number of halogens is 1. The van der Waals surface area contributed by atoms with E-state index in [4.69, 9.17) is 5.26 Å². The summed E-state index contributed by atoms with van der Waals surface area (Å²) in [5, 5.41) is 18.7. The van der Waals surface area contributed by atoms with Crippen molar-refractivity contribution in [3.8, 4) is 11.8 Å². The number of fused-ring (bicyclic) bond motifs is 1. The highest BCUT2D eigenvalue weighted by atomic mass is 19.1. The molecule has 0 saturated carbocycles. The maximum atomic E-state index is 14.0. The first-order valence-corrected chi connectivity index (χ1v) is 6.29. The quantitative estimate of drug-likeness (QED) is 0.852. The van der Waals surface area contributed by atoms with Crippen molar-refractivity contribution in [1.82, 2.24) is 4.57 Å². The van der Waals surface area contributed by atoms with E-state index in [1.165, 1.54) is 6.07 Å². The van der Waals surface area contributed by atoms with Crippen molar-refractivity contribution in [3.05, 3.63) is 53.1 Å². The Morgan fingerprint density at radius 2 is 2.21 bits per heavy atom. The predicted molar refractivity (Wildman–Crippen MR) is 68.3 cm³/mol. The molecule has 1 aliphatic carbocycles. The summed E-state index contributed by atoms with van der Waals surface area (Å²) >= 11 is 0. The minimum atomic E-state index is -0.452. The highest BCUT2D eigenvalue weighted by Crippen LogP contribution is 2.32. The Hall–Kier alpha value is -2.12. The zero-order valence-corrected chi connectivity index (χ0v) is 10.3. The van der Waals surface area contributed by atoms with Crippen LogP contribution in [0.25, 0.3) is 5.69 Å². The van der Waals surface area contributed by atoms with Crippen molar-refractivity contribution in [3.63, 3.8) is 0 Å². The van der Waals surface area contributed by atoms with Crippen LogP contribution in [-0.2, 0) is 6.42 Å². The summed E-state index contributed by atoms with van der Waals surface area (Å²) in [5.41, 5.74) is 2.58. The molecular formula is C15H13FN2O. The van der Waals surface area contributed by atoms with Gasteiger partial charge < -0.3 is 9.67 Å². The molecule has 1 atom stereocenters. The summed E-state index contributed by atoms with van der Waals surface area (Å²) in [6, 6.07) is 8.21.